The molecule has 1 fully saturated rings. The second-order valence-electron chi connectivity index (χ2n) is 6.31. The zero-order valence-electron chi connectivity index (χ0n) is 13.4. The minimum Gasteiger partial charge on any atom is -0.418 e. The molecule has 0 bridgehead atoms. The monoisotopic (exact) mass is 320 g/mol. The van der Waals surface area contributed by atoms with E-state index < -0.39 is 23.1 Å². The van der Waals surface area contributed by atoms with Gasteiger partial charge in [0, 0.05) is 17.2 Å². The van der Waals surface area contributed by atoms with Crippen LogP contribution in [0.4, 0.5) is 0 Å². The normalized spacial score (nSPS) is 22.1. The third-order valence-electron chi connectivity index (χ3n) is 3.80. The van der Waals surface area contributed by atoms with Crippen LogP contribution in [0.5, 0.6) is 0 Å². The van der Waals surface area contributed by atoms with Crippen LogP contribution >= 0.6 is 11.8 Å². The van der Waals surface area contributed by atoms with E-state index in [1.807, 2.05) is 51.3 Å². The zero-order valence-corrected chi connectivity index (χ0v) is 14.2. The van der Waals surface area contributed by atoms with Crippen molar-refractivity contribution in [2.75, 3.05) is 6.26 Å². The fourth-order valence-electron chi connectivity index (χ4n) is 1.86. The molecule has 0 spiro atoms. The minimum absolute atomic E-state index is 0.0846. The van der Waals surface area contributed by atoms with Crippen LogP contribution < -0.4 is 0 Å². The third-order valence-corrected chi connectivity index (χ3v) is 4.55. The van der Waals surface area contributed by atoms with Crippen LogP contribution in [0.1, 0.15) is 33.3 Å². The van der Waals surface area contributed by atoms with Gasteiger partial charge in [-0.05, 0) is 30.0 Å². The molecule has 1 saturated heterocycles. The number of carbonyl (C=O) groups is 2. The fraction of sp³-hybridized carbons (Fsp3) is 0.412. The topological polar surface area (TPSA) is 52.6 Å². The first-order valence-electron chi connectivity index (χ1n) is 6.99. The molecular formula is C17H20O4S. The Morgan fingerprint density at radius 3 is 1.95 bits per heavy atom. The van der Waals surface area contributed by atoms with Crippen molar-refractivity contribution in [3.8, 4) is 0 Å². The van der Waals surface area contributed by atoms with Crippen LogP contribution in [0, 0.1) is 5.41 Å². The number of benzene rings is 1. The summed E-state index contributed by atoms with van der Waals surface area (Å²) < 4.78 is 10.8. The van der Waals surface area contributed by atoms with E-state index in [0.29, 0.717) is 0 Å². The Morgan fingerprint density at radius 2 is 1.55 bits per heavy atom. The van der Waals surface area contributed by atoms with Gasteiger partial charge in [-0.3, -0.25) is 0 Å². The molecule has 22 heavy (non-hydrogen) atoms. The second kappa shape index (κ2) is 5.80. The predicted molar refractivity (Wildman–Crippen MR) is 86.2 cm³/mol. The molecule has 1 aliphatic rings. The summed E-state index contributed by atoms with van der Waals surface area (Å²) in [6.45, 7) is 7.16. The quantitative estimate of drug-likeness (QED) is 0.360. The Bertz CT molecular complexity index is 603. The van der Waals surface area contributed by atoms with Gasteiger partial charge < -0.3 is 9.47 Å². The predicted octanol–water partition coefficient (Wildman–Crippen LogP) is 3.65. The van der Waals surface area contributed by atoms with Gasteiger partial charge >= 0.3 is 11.9 Å². The molecule has 1 aromatic rings. The lowest BCUT2D eigenvalue weighted by molar-refractivity contribution is -0.261. The molecule has 1 aliphatic heterocycles. The van der Waals surface area contributed by atoms with Gasteiger partial charge in [-0.15, -0.1) is 11.8 Å². The summed E-state index contributed by atoms with van der Waals surface area (Å²) in [5.74, 6) is -2.56. The average molecular weight is 320 g/mol. The molecule has 0 atom stereocenters. The first-order chi connectivity index (χ1) is 10.2. The molecule has 1 aromatic carbocycles. The van der Waals surface area contributed by atoms with E-state index in [0.717, 1.165) is 10.5 Å². The van der Waals surface area contributed by atoms with Crippen molar-refractivity contribution in [3.63, 3.8) is 0 Å². The standard InChI is InChI=1S/C17H20O4S/c1-16(2,3)17(4)20-14(18)13(15(19)21-17)10-11-6-8-12(22-5)9-7-11/h6-10H,1-5H3. The SMILES string of the molecule is CSc1ccc(C=C2C(=O)OC(C)(C(C)(C)C)OC2=O)cc1. The second-order valence-corrected chi connectivity index (χ2v) is 7.19. The molecule has 5 heteroatoms. The summed E-state index contributed by atoms with van der Waals surface area (Å²) in [4.78, 5) is 25.5. The minimum atomic E-state index is -1.26. The molecule has 0 aromatic heterocycles. The average Bonchev–Trinajstić information content (AvgIpc) is 2.42. The van der Waals surface area contributed by atoms with Crippen LogP contribution in [0.25, 0.3) is 6.08 Å². The zero-order chi connectivity index (χ0) is 16.5. The third kappa shape index (κ3) is 3.19. The van der Waals surface area contributed by atoms with Gasteiger partial charge in [-0.2, -0.15) is 0 Å². The first kappa shape index (κ1) is 16.6. The van der Waals surface area contributed by atoms with Gasteiger partial charge in [-0.25, -0.2) is 9.59 Å². The van der Waals surface area contributed by atoms with Crippen LogP contribution in [-0.4, -0.2) is 24.0 Å². The number of thioether (sulfide) groups is 1. The van der Waals surface area contributed by atoms with E-state index in [4.69, 9.17) is 9.47 Å². The Labute approximate surface area is 134 Å². The highest BCUT2D eigenvalue weighted by Gasteiger charge is 2.50. The molecule has 2 rings (SSSR count). The van der Waals surface area contributed by atoms with E-state index in [-0.39, 0.29) is 5.57 Å². The maximum Gasteiger partial charge on any atom is 0.348 e. The van der Waals surface area contributed by atoms with Crippen molar-refractivity contribution >= 4 is 29.8 Å². The molecule has 4 nitrogen and oxygen atoms in total. The van der Waals surface area contributed by atoms with Crippen molar-refractivity contribution in [1.82, 2.24) is 0 Å². The summed E-state index contributed by atoms with van der Waals surface area (Å²) in [7, 11) is 0. The fourth-order valence-corrected chi connectivity index (χ4v) is 2.27. The van der Waals surface area contributed by atoms with Crippen LogP contribution in [0.3, 0.4) is 0 Å². The number of carbonyl (C=O) groups excluding carboxylic acids is 2. The van der Waals surface area contributed by atoms with Crippen molar-refractivity contribution in [1.29, 1.82) is 0 Å². The molecule has 1 heterocycles. The van der Waals surface area contributed by atoms with Crippen LogP contribution in [0.2, 0.25) is 0 Å². The largest absolute Gasteiger partial charge is 0.418 e. The number of hydrogen-bond acceptors (Lipinski definition) is 5. The van der Waals surface area contributed by atoms with Crippen molar-refractivity contribution in [2.24, 2.45) is 5.41 Å². The molecule has 118 valence electrons. The van der Waals surface area contributed by atoms with Crippen LogP contribution in [0.15, 0.2) is 34.7 Å². The van der Waals surface area contributed by atoms with E-state index in [2.05, 4.69) is 0 Å². The lowest BCUT2D eigenvalue weighted by atomic mass is 9.85. The maximum absolute atomic E-state index is 12.2. The highest BCUT2D eigenvalue weighted by atomic mass is 32.2. The van der Waals surface area contributed by atoms with Gasteiger partial charge in [0.1, 0.15) is 5.57 Å². The lowest BCUT2D eigenvalue weighted by Gasteiger charge is -2.42. The molecule has 0 radical (unpaired) electrons. The highest BCUT2D eigenvalue weighted by molar-refractivity contribution is 7.98. The van der Waals surface area contributed by atoms with Gasteiger partial charge in [0.25, 0.3) is 5.79 Å². The maximum atomic E-state index is 12.2. The number of ether oxygens (including phenoxy) is 2. The van der Waals surface area contributed by atoms with Crippen molar-refractivity contribution < 1.29 is 19.1 Å². The Hall–Kier alpha value is -1.75. The molecule has 0 unspecified atom stereocenters. The number of hydrogen-bond donors (Lipinski definition) is 0. The Morgan fingerprint density at radius 1 is 1.05 bits per heavy atom. The van der Waals surface area contributed by atoms with Crippen molar-refractivity contribution in [2.45, 2.75) is 38.4 Å². The smallest absolute Gasteiger partial charge is 0.348 e. The molecule has 0 amide bonds. The summed E-state index contributed by atoms with van der Waals surface area (Å²) in [5.41, 5.74) is 0.156. The molecule has 0 aliphatic carbocycles. The number of rotatable bonds is 2. The molecule has 0 N–H and O–H groups in total. The van der Waals surface area contributed by atoms with Gasteiger partial charge in [0.2, 0.25) is 0 Å². The summed E-state index contributed by atoms with van der Waals surface area (Å²) in [6, 6.07) is 7.54. The lowest BCUT2D eigenvalue weighted by Crippen LogP contribution is -2.52. The summed E-state index contributed by atoms with van der Waals surface area (Å²) >= 11 is 1.62. The van der Waals surface area contributed by atoms with E-state index >= 15 is 0 Å². The summed E-state index contributed by atoms with van der Waals surface area (Å²) in [6.07, 6.45) is 3.48. The Kier molecular flexibility index (Phi) is 4.38. The molecule has 0 saturated carbocycles. The number of cyclic esters (lactones) is 2. The highest BCUT2D eigenvalue weighted by Crippen LogP contribution is 2.38. The first-order valence-corrected chi connectivity index (χ1v) is 8.21. The van der Waals surface area contributed by atoms with E-state index in [9.17, 15) is 9.59 Å². The van der Waals surface area contributed by atoms with Gasteiger partial charge in [0.15, 0.2) is 0 Å². The number of esters is 2. The molecular weight excluding hydrogens is 300 g/mol. The van der Waals surface area contributed by atoms with Gasteiger partial charge in [0.05, 0.1) is 0 Å². The van der Waals surface area contributed by atoms with E-state index in [1.54, 1.807) is 18.7 Å². The van der Waals surface area contributed by atoms with Crippen molar-refractivity contribution in [3.05, 3.63) is 35.4 Å². The van der Waals surface area contributed by atoms with E-state index in [1.165, 1.54) is 6.08 Å². The summed E-state index contributed by atoms with van der Waals surface area (Å²) in [5, 5.41) is 0. The Balaban J connectivity index is 2.28. The van der Waals surface area contributed by atoms with Gasteiger partial charge in [-0.1, -0.05) is 32.9 Å². The van der Waals surface area contributed by atoms with Crippen LogP contribution in [-0.2, 0) is 19.1 Å².